The van der Waals surface area contributed by atoms with Gasteiger partial charge < -0.3 is 10.2 Å². The molecule has 1 spiro atoms. The first kappa shape index (κ1) is 16.8. The van der Waals surface area contributed by atoms with Crippen molar-refractivity contribution < 1.29 is 14.0 Å². The minimum Gasteiger partial charge on any atom is -0.338 e. The van der Waals surface area contributed by atoms with Crippen LogP contribution in [0, 0.1) is 24.1 Å². The molecule has 26 heavy (non-hydrogen) atoms. The van der Waals surface area contributed by atoms with Crippen LogP contribution in [0.3, 0.4) is 0 Å². The molecule has 1 saturated carbocycles. The van der Waals surface area contributed by atoms with Crippen LogP contribution in [0.1, 0.15) is 28.8 Å². The van der Waals surface area contributed by atoms with Gasteiger partial charge in [-0.2, -0.15) is 0 Å². The number of aryl methyl sites for hydroxylation is 1. The summed E-state index contributed by atoms with van der Waals surface area (Å²) in [5.74, 6) is -0.538. The van der Waals surface area contributed by atoms with E-state index in [4.69, 9.17) is 0 Å². The molecule has 2 aliphatic rings. The number of carbonyl (C=O) groups is 2. The molecule has 2 aromatic rings. The maximum absolute atomic E-state index is 13.3. The normalized spacial score (nSPS) is 23.9. The largest absolute Gasteiger partial charge is 0.338 e. The number of hydrogen-bond acceptors (Lipinski definition) is 2. The number of benzene rings is 2. The summed E-state index contributed by atoms with van der Waals surface area (Å²) < 4.78 is 13.3. The zero-order valence-electron chi connectivity index (χ0n) is 14.7. The number of halogens is 1. The van der Waals surface area contributed by atoms with Gasteiger partial charge in [0.2, 0.25) is 5.91 Å². The molecule has 2 atom stereocenters. The smallest absolute Gasteiger partial charge is 0.253 e. The summed E-state index contributed by atoms with van der Waals surface area (Å²) in [6.45, 7) is 3.28. The van der Waals surface area contributed by atoms with Gasteiger partial charge in [-0.1, -0.05) is 23.8 Å². The van der Waals surface area contributed by atoms with Crippen LogP contribution in [0.2, 0.25) is 0 Å². The molecule has 2 amide bonds. The molecule has 1 N–H and O–H groups in total. The van der Waals surface area contributed by atoms with Gasteiger partial charge in [0.25, 0.3) is 5.91 Å². The monoisotopic (exact) mass is 352 g/mol. The van der Waals surface area contributed by atoms with Crippen LogP contribution in [-0.2, 0) is 4.79 Å². The van der Waals surface area contributed by atoms with Crippen LogP contribution in [-0.4, -0.2) is 29.8 Å². The Hall–Kier alpha value is -2.69. The summed E-state index contributed by atoms with van der Waals surface area (Å²) in [5, 5.41) is 2.80. The van der Waals surface area contributed by atoms with Crippen molar-refractivity contribution in [3.63, 3.8) is 0 Å². The lowest BCUT2D eigenvalue weighted by molar-refractivity contribution is -0.118. The van der Waals surface area contributed by atoms with Gasteiger partial charge in [-0.25, -0.2) is 4.39 Å². The van der Waals surface area contributed by atoms with Gasteiger partial charge in [-0.15, -0.1) is 0 Å². The lowest BCUT2D eigenvalue weighted by Crippen LogP contribution is -2.30. The van der Waals surface area contributed by atoms with Gasteiger partial charge in [0.15, 0.2) is 0 Å². The Morgan fingerprint density at radius 3 is 2.69 bits per heavy atom. The Labute approximate surface area is 152 Å². The van der Waals surface area contributed by atoms with Gasteiger partial charge >= 0.3 is 0 Å². The quantitative estimate of drug-likeness (QED) is 0.917. The van der Waals surface area contributed by atoms with E-state index in [9.17, 15) is 14.0 Å². The molecule has 4 rings (SSSR count). The predicted octanol–water partition coefficient (Wildman–Crippen LogP) is 3.63. The van der Waals surface area contributed by atoms with E-state index in [1.54, 1.807) is 12.1 Å². The zero-order valence-corrected chi connectivity index (χ0v) is 14.7. The van der Waals surface area contributed by atoms with Crippen LogP contribution >= 0.6 is 0 Å². The molecule has 4 nitrogen and oxygen atoms in total. The second-order valence-corrected chi connectivity index (χ2v) is 7.46. The van der Waals surface area contributed by atoms with Crippen molar-refractivity contribution in [1.82, 2.24) is 4.90 Å². The second-order valence-electron chi connectivity index (χ2n) is 7.46. The van der Waals surface area contributed by atoms with E-state index < -0.39 is 0 Å². The van der Waals surface area contributed by atoms with Crippen LogP contribution in [0.4, 0.5) is 10.1 Å². The highest BCUT2D eigenvalue weighted by Crippen LogP contribution is 2.58. The standard InChI is InChI=1S/C21H21FN2O2/c1-14-5-7-15(8-6-14)20(26)24-10-9-21(13-24)12-18(21)19(25)23-17-4-2-3-16(22)11-17/h2-8,11,18H,9-10,12-13H2,1H3,(H,23,25)/t18-,21-/m1/s1. The number of anilines is 1. The van der Waals surface area contributed by atoms with Crippen LogP contribution in [0.25, 0.3) is 0 Å². The number of nitrogens with zero attached hydrogens (tertiary/aromatic N) is 1. The molecule has 0 bridgehead atoms. The Kier molecular flexibility index (Phi) is 4.02. The van der Waals surface area contributed by atoms with E-state index in [1.807, 2.05) is 36.1 Å². The van der Waals surface area contributed by atoms with E-state index in [1.165, 1.54) is 12.1 Å². The van der Waals surface area contributed by atoms with Crippen molar-refractivity contribution in [2.75, 3.05) is 18.4 Å². The molecule has 2 fully saturated rings. The highest BCUT2D eigenvalue weighted by atomic mass is 19.1. The average molecular weight is 352 g/mol. The number of carbonyl (C=O) groups excluding carboxylic acids is 2. The summed E-state index contributed by atoms with van der Waals surface area (Å²) in [5.41, 5.74) is 2.17. The highest BCUT2D eigenvalue weighted by molar-refractivity contribution is 5.96. The van der Waals surface area contributed by atoms with Gasteiger partial charge in [-0.05, 0) is 50.1 Å². The van der Waals surface area contributed by atoms with Crippen molar-refractivity contribution in [3.05, 3.63) is 65.5 Å². The SMILES string of the molecule is Cc1ccc(C(=O)N2CC[C@@]3(C[C@@H]3C(=O)Nc3cccc(F)c3)C2)cc1. The van der Waals surface area contributed by atoms with Crippen LogP contribution in [0.15, 0.2) is 48.5 Å². The Morgan fingerprint density at radius 1 is 1.19 bits per heavy atom. The first-order valence-corrected chi connectivity index (χ1v) is 8.89. The third kappa shape index (κ3) is 3.09. The summed E-state index contributed by atoms with van der Waals surface area (Å²) in [4.78, 5) is 27.0. The molecule has 5 heteroatoms. The summed E-state index contributed by atoms with van der Waals surface area (Å²) in [6.07, 6.45) is 1.62. The van der Waals surface area contributed by atoms with Crippen molar-refractivity contribution in [2.24, 2.45) is 11.3 Å². The minimum absolute atomic E-state index is 0.0260. The Balaban J connectivity index is 1.39. The first-order valence-electron chi connectivity index (χ1n) is 8.89. The van der Waals surface area contributed by atoms with Gasteiger partial charge in [-0.3, -0.25) is 9.59 Å². The maximum atomic E-state index is 13.3. The maximum Gasteiger partial charge on any atom is 0.253 e. The molecule has 1 saturated heterocycles. The number of nitrogens with one attached hydrogen (secondary N) is 1. The second kappa shape index (κ2) is 6.24. The molecule has 0 radical (unpaired) electrons. The summed E-state index contributed by atoms with van der Waals surface area (Å²) in [6, 6.07) is 13.5. The number of likely N-dealkylation sites (tertiary alicyclic amines) is 1. The molecule has 1 aliphatic heterocycles. The molecule has 2 aromatic carbocycles. The number of amides is 2. The Morgan fingerprint density at radius 2 is 1.96 bits per heavy atom. The topological polar surface area (TPSA) is 49.4 Å². The summed E-state index contributed by atoms with van der Waals surface area (Å²) >= 11 is 0. The van der Waals surface area contributed by atoms with Gasteiger partial charge in [0.1, 0.15) is 5.82 Å². The number of hydrogen-bond donors (Lipinski definition) is 1. The van der Waals surface area contributed by atoms with E-state index in [0.717, 1.165) is 18.4 Å². The fourth-order valence-corrected chi connectivity index (χ4v) is 3.91. The van der Waals surface area contributed by atoms with Crippen molar-refractivity contribution in [2.45, 2.75) is 19.8 Å². The molecular weight excluding hydrogens is 331 g/mol. The van der Waals surface area contributed by atoms with Crippen LogP contribution in [0.5, 0.6) is 0 Å². The lowest BCUT2D eigenvalue weighted by atomic mass is 10.0. The molecule has 1 heterocycles. The van der Waals surface area contributed by atoms with E-state index in [0.29, 0.717) is 24.3 Å². The van der Waals surface area contributed by atoms with Gasteiger partial charge in [0, 0.05) is 35.7 Å². The fourth-order valence-electron chi connectivity index (χ4n) is 3.91. The van der Waals surface area contributed by atoms with Gasteiger partial charge in [0.05, 0.1) is 0 Å². The van der Waals surface area contributed by atoms with Crippen molar-refractivity contribution in [1.29, 1.82) is 0 Å². The first-order chi connectivity index (χ1) is 12.5. The Bertz CT molecular complexity index is 865. The predicted molar refractivity (Wildman–Crippen MR) is 97.3 cm³/mol. The van der Waals surface area contributed by atoms with Crippen molar-refractivity contribution in [3.8, 4) is 0 Å². The minimum atomic E-state index is -0.371. The molecular formula is C21H21FN2O2. The highest BCUT2D eigenvalue weighted by Gasteiger charge is 2.61. The molecule has 0 unspecified atom stereocenters. The van der Waals surface area contributed by atoms with E-state index >= 15 is 0 Å². The molecule has 134 valence electrons. The molecule has 0 aromatic heterocycles. The van der Waals surface area contributed by atoms with Crippen LogP contribution < -0.4 is 5.32 Å². The molecule has 1 aliphatic carbocycles. The van der Waals surface area contributed by atoms with E-state index in [2.05, 4.69) is 5.32 Å². The third-order valence-electron chi connectivity index (χ3n) is 5.57. The van der Waals surface area contributed by atoms with E-state index in [-0.39, 0.29) is 29.0 Å². The van der Waals surface area contributed by atoms with Crippen molar-refractivity contribution >= 4 is 17.5 Å². The average Bonchev–Trinajstić information content (AvgIpc) is 3.15. The lowest BCUT2D eigenvalue weighted by Gasteiger charge is -2.17. The fraction of sp³-hybridized carbons (Fsp3) is 0.333. The third-order valence-corrected chi connectivity index (χ3v) is 5.57. The number of rotatable bonds is 3. The zero-order chi connectivity index (χ0) is 18.3. The summed E-state index contributed by atoms with van der Waals surface area (Å²) in [7, 11) is 0.